The van der Waals surface area contributed by atoms with Gasteiger partial charge < -0.3 is 10.1 Å². The third kappa shape index (κ3) is 5.18. The van der Waals surface area contributed by atoms with Gasteiger partial charge >= 0.3 is 0 Å². The summed E-state index contributed by atoms with van der Waals surface area (Å²) in [5.41, 5.74) is 0.647. The van der Waals surface area contributed by atoms with Crippen molar-refractivity contribution >= 4 is 28.6 Å². The van der Waals surface area contributed by atoms with E-state index >= 15 is 0 Å². The normalized spacial score (nSPS) is 18.7. The van der Waals surface area contributed by atoms with Crippen molar-refractivity contribution < 1.29 is 9.53 Å². The summed E-state index contributed by atoms with van der Waals surface area (Å²) in [6, 6.07) is 7.75. The Hall–Kier alpha value is -1.90. The number of carbonyl (C=O) groups is 1. The monoisotopic (exact) mass is 416 g/mol. The fourth-order valence-electron chi connectivity index (χ4n) is 3.47. The van der Waals surface area contributed by atoms with Crippen molar-refractivity contribution in [3.05, 3.63) is 34.6 Å². The minimum Gasteiger partial charge on any atom is -0.379 e. The van der Waals surface area contributed by atoms with Crippen LogP contribution in [-0.4, -0.2) is 64.5 Å². The Morgan fingerprint density at radius 1 is 1.28 bits per heavy atom. The van der Waals surface area contributed by atoms with E-state index in [2.05, 4.69) is 10.2 Å². The number of thioether (sulfide) groups is 1. The molecule has 2 aliphatic rings. The van der Waals surface area contributed by atoms with Crippen LogP contribution < -0.4 is 10.9 Å². The number of morpholine rings is 1. The fraction of sp³-hybridized carbons (Fsp3) is 0.571. The number of ether oxygens (including phenoxy) is 1. The Morgan fingerprint density at radius 2 is 2.03 bits per heavy atom. The number of carbonyl (C=O) groups excluding carboxylic acids is 1. The molecule has 0 unspecified atom stereocenters. The molecule has 0 radical (unpaired) electrons. The highest BCUT2D eigenvalue weighted by atomic mass is 32.2. The van der Waals surface area contributed by atoms with Crippen molar-refractivity contribution in [3.8, 4) is 0 Å². The van der Waals surface area contributed by atoms with E-state index in [1.807, 2.05) is 31.2 Å². The lowest BCUT2D eigenvalue weighted by Gasteiger charge is -2.26. The standard InChI is InChI=1S/C21H28N4O3S/c1-15(19(26)22-16-7-8-16)29-21-23-18-6-3-2-5-17(18)20(27)25(21)10-4-9-24-11-13-28-14-12-24/h2-3,5-6,15-16H,4,7-14H2,1H3,(H,22,26)/t15-/m1/s1. The highest BCUT2D eigenvalue weighted by molar-refractivity contribution is 8.00. The minimum absolute atomic E-state index is 0.0137. The largest absolute Gasteiger partial charge is 0.379 e. The Balaban J connectivity index is 1.52. The third-order valence-electron chi connectivity index (χ3n) is 5.36. The van der Waals surface area contributed by atoms with Crippen LogP contribution >= 0.6 is 11.8 Å². The molecule has 4 rings (SSSR count). The zero-order valence-corrected chi connectivity index (χ0v) is 17.6. The highest BCUT2D eigenvalue weighted by Crippen LogP contribution is 2.25. The Labute approximate surface area is 174 Å². The molecule has 2 aromatic rings. The maximum Gasteiger partial charge on any atom is 0.262 e. The van der Waals surface area contributed by atoms with E-state index in [-0.39, 0.29) is 16.7 Å². The number of amides is 1. The first kappa shape index (κ1) is 20.4. The predicted molar refractivity (Wildman–Crippen MR) is 114 cm³/mol. The SMILES string of the molecule is C[C@@H](Sc1nc2ccccc2c(=O)n1CCCN1CCOCC1)C(=O)NC1CC1. The second kappa shape index (κ2) is 9.28. The molecule has 2 fully saturated rings. The zero-order valence-electron chi connectivity index (χ0n) is 16.8. The molecule has 1 aromatic heterocycles. The van der Waals surface area contributed by atoms with Crippen LogP contribution in [-0.2, 0) is 16.1 Å². The van der Waals surface area contributed by atoms with Crippen LogP contribution in [0.2, 0.25) is 0 Å². The maximum atomic E-state index is 13.1. The van der Waals surface area contributed by atoms with Crippen molar-refractivity contribution in [1.29, 1.82) is 0 Å². The number of hydrogen-bond acceptors (Lipinski definition) is 6. The molecule has 7 nitrogen and oxygen atoms in total. The van der Waals surface area contributed by atoms with Crippen LogP contribution in [0.4, 0.5) is 0 Å². The minimum atomic E-state index is -0.297. The van der Waals surface area contributed by atoms with Crippen LogP contribution in [0.25, 0.3) is 10.9 Å². The van der Waals surface area contributed by atoms with Gasteiger partial charge in [-0.3, -0.25) is 19.1 Å². The Kier molecular flexibility index (Phi) is 6.52. The average Bonchev–Trinajstić information content (AvgIpc) is 3.55. The summed E-state index contributed by atoms with van der Waals surface area (Å²) in [5, 5.41) is 3.98. The van der Waals surface area contributed by atoms with Crippen molar-refractivity contribution in [2.75, 3.05) is 32.8 Å². The van der Waals surface area contributed by atoms with Gasteiger partial charge in [-0.2, -0.15) is 0 Å². The van der Waals surface area contributed by atoms with Crippen LogP contribution in [0.1, 0.15) is 26.2 Å². The van der Waals surface area contributed by atoms with Crippen LogP contribution in [0.15, 0.2) is 34.2 Å². The Morgan fingerprint density at radius 3 is 2.79 bits per heavy atom. The first-order valence-electron chi connectivity index (χ1n) is 10.4. The lowest BCUT2D eigenvalue weighted by molar-refractivity contribution is -0.120. The number of nitrogens with zero attached hydrogens (tertiary/aromatic N) is 3. The smallest absolute Gasteiger partial charge is 0.262 e. The van der Waals surface area contributed by atoms with Crippen molar-refractivity contribution in [1.82, 2.24) is 19.8 Å². The van der Waals surface area contributed by atoms with Crippen molar-refractivity contribution in [3.63, 3.8) is 0 Å². The summed E-state index contributed by atoms with van der Waals surface area (Å²) >= 11 is 1.37. The van der Waals surface area contributed by atoms with Gasteiger partial charge in [0, 0.05) is 32.2 Å². The molecule has 8 heteroatoms. The quantitative estimate of drug-likeness (QED) is 0.523. The van der Waals surface area contributed by atoms with Gasteiger partial charge in [-0.25, -0.2) is 4.98 Å². The van der Waals surface area contributed by atoms with Crippen LogP contribution in [0.3, 0.4) is 0 Å². The van der Waals surface area contributed by atoms with Crippen molar-refractivity contribution in [2.45, 2.75) is 49.2 Å². The van der Waals surface area contributed by atoms with E-state index in [0.717, 1.165) is 52.1 Å². The zero-order chi connectivity index (χ0) is 20.2. The van der Waals surface area contributed by atoms with Gasteiger partial charge in [-0.05, 0) is 38.3 Å². The molecule has 1 aliphatic heterocycles. The third-order valence-corrected chi connectivity index (χ3v) is 6.45. The molecule has 156 valence electrons. The van der Waals surface area contributed by atoms with E-state index in [9.17, 15) is 9.59 Å². The average molecular weight is 417 g/mol. The summed E-state index contributed by atoms with van der Waals surface area (Å²) in [6.07, 6.45) is 2.98. The number of para-hydroxylation sites is 1. The number of fused-ring (bicyclic) bond motifs is 1. The summed E-state index contributed by atoms with van der Waals surface area (Å²) < 4.78 is 7.15. The van der Waals surface area contributed by atoms with Gasteiger partial charge in [0.25, 0.3) is 5.56 Å². The molecule has 0 bridgehead atoms. The topological polar surface area (TPSA) is 76.5 Å². The molecule has 1 aromatic carbocycles. The van der Waals surface area contributed by atoms with Gasteiger partial charge in [0.05, 0.1) is 29.4 Å². The molecule has 1 atom stereocenters. The van der Waals surface area contributed by atoms with E-state index < -0.39 is 0 Å². The summed E-state index contributed by atoms with van der Waals surface area (Å²) in [4.78, 5) is 32.7. The highest BCUT2D eigenvalue weighted by Gasteiger charge is 2.27. The van der Waals surface area contributed by atoms with Gasteiger partial charge in [-0.1, -0.05) is 23.9 Å². The lowest BCUT2D eigenvalue weighted by Crippen LogP contribution is -2.37. The van der Waals surface area contributed by atoms with Gasteiger partial charge in [0.15, 0.2) is 5.16 Å². The van der Waals surface area contributed by atoms with Gasteiger partial charge in [0.1, 0.15) is 0 Å². The van der Waals surface area contributed by atoms with Crippen molar-refractivity contribution in [2.24, 2.45) is 0 Å². The summed E-state index contributed by atoms with van der Waals surface area (Å²) in [5.74, 6) is 0.0137. The number of nitrogens with one attached hydrogen (secondary N) is 1. The molecular weight excluding hydrogens is 388 g/mol. The van der Waals surface area contributed by atoms with E-state index in [1.54, 1.807) is 4.57 Å². The first-order chi connectivity index (χ1) is 14.1. The van der Waals surface area contributed by atoms with E-state index in [0.29, 0.717) is 28.6 Å². The van der Waals surface area contributed by atoms with E-state index in [4.69, 9.17) is 9.72 Å². The number of aromatic nitrogens is 2. The number of rotatable bonds is 8. The first-order valence-corrected chi connectivity index (χ1v) is 11.3. The molecule has 1 N–H and O–H groups in total. The Bertz CT molecular complexity index is 922. The molecule has 1 amide bonds. The maximum absolute atomic E-state index is 13.1. The number of hydrogen-bond donors (Lipinski definition) is 1. The molecule has 2 heterocycles. The molecule has 1 saturated heterocycles. The number of benzene rings is 1. The van der Waals surface area contributed by atoms with Crippen LogP contribution in [0, 0.1) is 0 Å². The summed E-state index contributed by atoms with van der Waals surface area (Å²) in [6.45, 7) is 6.80. The molecule has 0 spiro atoms. The summed E-state index contributed by atoms with van der Waals surface area (Å²) in [7, 11) is 0. The second-order valence-electron chi connectivity index (χ2n) is 7.72. The predicted octanol–water partition coefficient (Wildman–Crippen LogP) is 1.88. The lowest BCUT2D eigenvalue weighted by atomic mass is 10.2. The van der Waals surface area contributed by atoms with Gasteiger partial charge in [-0.15, -0.1) is 0 Å². The molecular formula is C21H28N4O3S. The van der Waals surface area contributed by atoms with Crippen LogP contribution in [0.5, 0.6) is 0 Å². The molecule has 1 saturated carbocycles. The molecule has 29 heavy (non-hydrogen) atoms. The van der Waals surface area contributed by atoms with Gasteiger partial charge in [0.2, 0.25) is 5.91 Å². The fourth-order valence-corrected chi connectivity index (χ4v) is 4.41. The molecule has 1 aliphatic carbocycles. The van der Waals surface area contributed by atoms with E-state index in [1.165, 1.54) is 11.8 Å². The second-order valence-corrected chi connectivity index (χ2v) is 9.03.